The molecule has 0 spiro atoms. The van der Waals surface area contributed by atoms with Gasteiger partial charge in [-0.3, -0.25) is 4.79 Å². The Morgan fingerprint density at radius 2 is 2.27 bits per heavy atom. The highest BCUT2D eigenvalue weighted by molar-refractivity contribution is 7.80. The number of carbonyl (C=O) groups excluding carboxylic acids is 1. The highest BCUT2D eigenvalue weighted by Crippen LogP contribution is 2.12. The van der Waals surface area contributed by atoms with Gasteiger partial charge in [0.2, 0.25) is 0 Å². The van der Waals surface area contributed by atoms with Gasteiger partial charge in [-0.2, -0.15) is 0 Å². The van der Waals surface area contributed by atoms with Crippen LogP contribution in [0.5, 0.6) is 0 Å². The minimum absolute atomic E-state index is 0.294. The summed E-state index contributed by atoms with van der Waals surface area (Å²) in [5, 5.41) is 3.17. The van der Waals surface area contributed by atoms with Crippen LogP contribution >= 0.6 is 12.2 Å². The molecule has 11 heavy (non-hydrogen) atoms. The van der Waals surface area contributed by atoms with Crippen molar-refractivity contribution in [1.29, 1.82) is 0 Å². The summed E-state index contributed by atoms with van der Waals surface area (Å²) in [5.74, 6) is -0.526. The quantitative estimate of drug-likeness (QED) is 0.526. The van der Waals surface area contributed by atoms with Crippen LogP contribution in [0.2, 0.25) is 0 Å². The van der Waals surface area contributed by atoms with Crippen molar-refractivity contribution in [2.45, 2.75) is 19.4 Å². The van der Waals surface area contributed by atoms with Gasteiger partial charge < -0.3 is 11.1 Å². The molecule has 4 nitrogen and oxygen atoms in total. The fourth-order valence-corrected chi connectivity index (χ4v) is 1.31. The first-order chi connectivity index (χ1) is 4.93. The highest BCUT2D eigenvalue weighted by atomic mass is 32.1. The van der Waals surface area contributed by atoms with Gasteiger partial charge in [-0.25, -0.2) is 4.99 Å². The third kappa shape index (κ3) is 1.37. The maximum Gasteiger partial charge on any atom is 0.265 e. The molecule has 5 heteroatoms. The molecule has 0 radical (unpaired) electrons. The summed E-state index contributed by atoms with van der Waals surface area (Å²) in [6, 6.07) is 0. The minimum atomic E-state index is -0.526. The normalized spacial score (nSPS) is 20.9. The zero-order chi connectivity index (χ0) is 8.65. The van der Waals surface area contributed by atoms with Crippen molar-refractivity contribution >= 4 is 28.9 Å². The van der Waals surface area contributed by atoms with Gasteiger partial charge >= 0.3 is 0 Å². The van der Waals surface area contributed by atoms with Gasteiger partial charge in [0.25, 0.3) is 5.91 Å². The maximum atomic E-state index is 10.8. The zero-order valence-corrected chi connectivity index (χ0v) is 7.16. The molecule has 0 bridgehead atoms. The molecule has 3 N–H and O–H groups in total. The smallest absolute Gasteiger partial charge is 0.265 e. The van der Waals surface area contributed by atoms with Gasteiger partial charge in [0.15, 0.2) is 5.11 Å². The summed E-state index contributed by atoms with van der Waals surface area (Å²) in [7, 11) is 0. The van der Waals surface area contributed by atoms with E-state index in [-0.39, 0.29) is 0 Å². The van der Waals surface area contributed by atoms with Gasteiger partial charge in [-0.1, -0.05) is 0 Å². The molecule has 1 rings (SSSR count). The molecular weight excluding hydrogens is 162 g/mol. The van der Waals surface area contributed by atoms with E-state index in [0.717, 1.165) is 0 Å². The number of aliphatic imine (C=N–C) groups is 1. The Kier molecular flexibility index (Phi) is 1.67. The highest BCUT2D eigenvalue weighted by Gasteiger charge is 2.34. The first-order valence-electron chi connectivity index (χ1n) is 3.14. The lowest BCUT2D eigenvalue weighted by Gasteiger charge is -2.18. The van der Waals surface area contributed by atoms with Crippen LogP contribution in [-0.2, 0) is 4.79 Å². The van der Waals surface area contributed by atoms with E-state index in [4.69, 9.17) is 18.0 Å². The number of nitrogens with one attached hydrogen (secondary N) is 1. The van der Waals surface area contributed by atoms with E-state index < -0.39 is 11.4 Å². The van der Waals surface area contributed by atoms with Crippen molar-refractivity contribution in [2.75, 3.05) is 0 Å². The SMILES string of the molecule is CC1(C)NC(=S)N=C1C(N)=O. The van der Waals surface area contributed by atoms with E-state index in [1.807, 2.05) is 0 Å². The molecule has 0 atom stereocenters. The molecule has 0 saturated heterocycles. The van der Waals surface area contributed by atoms with Gasteiger partial charge in [0, 0.05) is 0 Å². The Labute approximate surface area is 69.9 Å². The van der Waals surface area contributed by atoms with Crippen LogP contribution in [0, 0.1) is 0 Å². The van der Waals surface area contributed by atoms with Crippen LogP contribution in [0.15, 0.2) is 4.99 Å². The number of primary amides is 1. The molecule has 0 aromatic rings. The third-order valence-electron chi connectivity index (χ3n) is 1.46. The molecule has 0 saturated carbocycles. The molecule has 0 aromatic carbocycles. The van der Waals surface area contributed by atoms with E-state index in [1.165, 1.54) is 0 Å². The van der Waals surface area contributed by atoms with Gasteiger partial charge in [0.1, 0.15) is 5.71 Å². The summed E-state index contributed by atoms with van der Waals surface area (Å²) in [6.45, 7) is 3.60. The van der Waals surface area contributed by atoms with E-state index in [1.54, 1.807) is 13.8 Å². The summed E-state index contributed by atoms with van der Waals surface area (Å²) in [6.07, 6.45) is 0. The number of nitrogens with two attached hydrogens (primary N) is 1. The Morgan fingerprint density at radius 1 is 1.73 bits per heavy atom. The van der Waals surface area contributed by atoms with Crippen molar-refractivity contribution in [3.63, 3.8) is 0 Å². The largest absolute Gasteiger partial charge is 0.364 e. The summed E-state index contributed by atoms with van der Waals surface area (Å²) >= 11 is 4.76. The fourth-order valence-electron chi connectivity index (χ4n) is 0.959. The first-order valence-corrected chi connectivity index (χ1v) is 3.55. The lowest BCUT2D eigenvalue weighted by atomic mass is 9.99. The number of carbonyl (C=O) groups is 1. The van der Waals surface area contributed by atoms with Crippen LogP contribution < -0.4 is 11.1 Å². The standard InChI is InChI=1S/C6H9N3OS/c1-6(2)3(4(7)10)8-5(11)9-6/h1-2H3,(H2,7,10)(H,9,11). The topological polar surface area (TPSA) is 67.5 Å². The average Bonchev–Trinajstić information content (AvgIpc) is 2.04. The molecule has 0 aliphatic carbocycles. The molecule has 1 amide bonds. The van der Waals surface area contributed by atoms with E-state index in [9.17, 15) is 4.79 Å². The average molecular weight is 171 g/mol. The number of nitrogens with zero attached hydrogens (tertiary/aromatic N) is 1. The fraction of sp³-hybridized carbons (Fsp3) is 0.500. The van der Waals surface area contributed by atoms with Gasteiger partial charge in [-0.15, -0.1) is 0 Å². The lowest BCUT2D eigenvalue weighted by Crippen LogP contribution is -2.47. The predicted octanol–water partition coefficient (Wildman–Crippen LogP) is -0.421. The first kappa shape index (κ1) is 8.13. The number of rotatable bonds is 1. The lowest BCUT2D eigenvalue weighted by molar-refractivity contribution is -0.112. The third-order valence-corrected chi connectivity index (χ3v) is 1.65. The van der Waals surface area contributed by atoms with E-state index in [0.29, 0.717) is 10.8 Å². The summed E-state index contributed by atoms with van der Waals surface area (Å²) < 4.78 is 0. The van der Waals surface area contributed by atoms with Crippen molar-refractivity contribution in [2.24, 2.45) is 10.7 Å². The van der Waals surface area contributed by atoms with Crippen molar-refractivity contribution in [1.82, 2.24) is 5.32 Å². The zero-order valence-electron chi connectivity index (χ0n) is 6.34. The van der Waals surface area contributed by atoms with Gasteiger partial charge in [-0.05, 0) is 26.1 Å². The second-order valence-corrected chi connectivity index (χ2v) is 3.27. The maximum absolute atomic E-state index is 10.8. The summed E-state index contributed by atoms with van der Waals surface area (Å²) in [4.78, 5) is 14.6. The summed E-state index contributed by atoms with van der Waals surface area (Å²) in [5.41, 5.74) is 4.85. The van der Waals surface area contributed by atoms with Crippen molar-refractivity contribution in [3.05, 3.63) is 0 Å². The van der Waals surface area contributed by atoms with Crippen molar-refractivity contribution < 1.29 is 4.79 Å². The Morgan fingerprint density at radius 3 is 2.45 bits per heavy atom. The van der Waals surface area contributed by atoms with Crippen LogP contribution in [0.25, 0.3) is 0 Å². The molecule has 1 aliphatic heterocycles. The Balaban J connectivity index is 3.01. The predicted molar refractivity (Wildman–Crippen MR) is 46.4 cm³/mol. The van der Waals surface area contributed by atoms with Crippen LogP contribution in [-0.4, -0.2) is 22.3 Å². The second-order valence-electron chi connectivity index (χ2n) is 2.88. The monoisotopic (exact) mass is 171 g/mol. The van der Waals surface area contributed by atoms with Crippen molar-refractivity contribution in [3.8, 4) is 0 Å². The van der Waals surface area contributed by atoms with E-state index >= 15 is 0 Å². The van der Waals surface area contributed by atoms with Crippen LogP contribution in [0.1, 0.15) is 13.8 Å². The van der Waals surface area contributed by atoms with Gasteiger partial charge in [0.05, 0.1) is 5.54 Å². The second kappa shape index (κ2) is 2.27. The molecular formula is C6H9N3OS. The minimum Gasteiger partial charge on any atom is -0.364 e. The number of hydrogen-bond acceptors (Lipinski definition) is 2. The number of thiocarbonyl (C=S) groups is 1. The molecule has 60 valence electrons. The Hall–Kier alpha value is -0.970. The molecule has 0 fully saturated rings. The molecule has 0 unspecified atom stereocenters. The molecule has 1 aliphatic rings. The Bertz CT molecular complexity index is 257. The molecule has 1 heterocycles. The van der Waals surface area contributed by atoms with Crippen LogP contribution in [0.3, 0.4) is 0 Å². The number of amides is 1. The number of hydrogen-bond donors (Lipinski definition) is 2. The van der Waals surface area contributed by atoms with E-state index in [2.05, 4.69) is 10.3 Å². The molecule has 0 aromatic heterocycles. The van der Waals surface area contributed by atoms with Crippen LogP contribution in [0.4, 0.5) is 0 Å².